The molecule has 9 nitrogen and oxygen atoms in total. The minimum atomic E-state index is -1.56. The second-order valence-electron chi connectivity index (χ2n) is 17.6. The van der Waals surface area contributed by atoms with Gasteiger partial charge in [-0.05, 0) is 19.3 Å². The molecule has 1 heterocycles. The normalized spacial score (nSPS) is 20.8. The van der Waals surface area contributed by atoms with Gasteiger partial charge in [0, 0.05) is 6.42 Å². The first-order chi connectivity index (χ1) is 28.3. The molecule has 1 fully saturated rings. The first kappa shape index (κ1) is 54.9. The van der Waals surface area contributed by atoms with Crippen LogP contribution in [-0.2, 0) is 14.3 Å². The van der Waals surface area contributed by atoms with Crippen molar-refractivity contribution in [3.05, 3.63) is 12.2 Å². The van der Waals surface area contributed by atoms with Crippen molar-refractivity contribution in [2.24, 2.45) is 0 Å². The van der Waals surface area contributed by atoms with Crippen molar-refractivity contribution < 1.29 is 39.8 Å². The zero-order valence-corrected chi connectivity index (χ0v) is 37.8. The van der Waals surface area contributed by atoms with Crippen molar-refractivity contribution in [2.75, 3.05) is 13.2 Å². The number of carbonyl (C=O) groups excluding carboxylic acids is 1. The minimum absolute atomic E-state index is 0.174. The van der Waals surface area contributed by atoms with Crippen LogP contribution in [0.1, 0.15) is 239 Å². The fraction of sp³-hybridized carbons (Fsp3) is 0.939. The molecule has 0 spiro atoms. The lowest BCUT2D eigenvalue weighted by molar-refractivity contribution is -0.302. The van der Waals surface area contributed by atoms with E-state index in [0.717, 1.165) is 38.5 Å². The standard InChI is InChI=1S/C49H95NO8/c1-3-5-7-9-11-13-15-16-17-18-19-20-21-22-23-24-25-26-27-28-29-31-33-35-37-39-45(53)50-42(41-57-49-48(56)47(55)46(54)44(40-51)58-49)43(52)38-36-34-32-30-14-12-10-8-6-4-2/h36,38,42-44,46-49,51-52,54-56H,3-35,37,39-41H2,1-2H3,(H,50,53)/b38-36+. The summed E-state index contributed by atoms with van der Waals surface area (Å²) in [7, 11) is 0. The van der Waals surface area contributed by atoms with Gasteiger partial charge in [0.15, 0.2) is 6.29 Å². The summed E-state index contributed by atoms with van der Waals surface area (Å²) in [5.74, 6) is -0.174. The number of nitrogens with one attached hydrogen (secondary N) is 1. The van der Waals surface area contributed by atoms with E-state index in [0.29, 0.717) is 6.42 Å². The first-order valence-corrected chi connectivity index (χ1v) is 24.9. The monoisotopic (exact) mass is 826 g/mol. The van der Waals surface area contributed by atoms with Gasteiger partial charge in [-0.25, -0.2) is 0 Å². The highest BCUT2D eigenvalue weighted by atomic mass is 16.7. The number of carbonyl (C=O) groups is 1. The summed E-state index contributed by atoms with van der Waals surface area (Å²) in [6.45, 7) is 3.77. The molecule has 9 heteroatoms. The largest absolute Gasteiger partial charge is 0.394 e. The first-order valence-electron chi connectivity index (χ1n) is 24.9. The van der Waals surface area contributed by atoms with Crippen molar-refractivity contribution in [3.63, 3.8) is 0 Å². The van der Waals surface area contributed by atoms with Crippen molar-refractivity contribution >= 4 is 5.91 Å². The number of aliphatic hydroxyl groups excluding tert-OH is 5. The van der Waals surface area contributed by atoms with Gasteiger partial charge < -0.3 is 40.3 Å². The van der Waals surface area contributed by atoms with Crippen LogP contribution in [0.3, 0.4) is 0 Å². The third-order valence-corrected chi connectivity index (χ3v) is 12.1. The quantitative estimate of drug-likeness (QED) is 0.0263. The van der Waals surface area contributed by atoms with Gasteiger partial charge in [-0.1, -0.05) is 225 Å². The third kappa shape index (κ3) is 30.0. The smallest absolute Gasteiger partial charge is 0.220 e. The molecule has 1 rings (SSSR count). The molecule has 1 amide bonds. The summed E-state index contributed by atoms with van der Waals surface area (Å²) in [6.07, 6.45) is 39.9. The molecule has 0 aromatic heterocycles. The average Bonchev–Trinajstić information content (AvgIpc) is 3.22. The molecule has 344 valence electrons. The van der Waals surface area contributed by atoms with E-state index in [1.807, 2.05) is 6.08 Å². The van der Waals surface area contributed by atoms with E-state index < -0.39 is 49.5 Å². The van der Waals surface area contributed by atoms with E-state index in [1.165, 1.54) is 180 Å². The number of aliphatic hydroxyl groups is 5. The molecular weight excluding hydrogens is 731 g/mol. The Labute approximate surface area is 356 Å². The second kappa shape index (κ2) is 40.0. The molecular formula is C49H95NO8. The molecule has 6 N–H and O–H groups in total. The summed E-state index contributed by atoms with van der Waals surface area (Å²) in [4.78, 5) is 13.0. The predicted molar refractivity (Wildman–Crippen MR) is 240 cm³/mol. The lowest BCUT2D eigenvalue weighted by Crippen LogP contribution is -2.60. The molecule has 1 saturated heterocycles. The van der Waals surface area contributed by atoms with Crippen LogP contribution in [0, 0.1) is 0 Å². The highest BCUT2D eigenvalue weighted by Gasteiger charge is 2.44. The van der Waals surface area contributed by atoms with Gasteiger partial charge in [0.2, 0.25) is 5.91 Å². The molecule has 1 aliphatic heterocycles. The highest BCUT2D eigenvalue weighted by molar-refractivity contribution is 5.76. The number of allylic oxidation sites excluding steroid dienone is 1. The van der Waals surface area contributed by atoms with Crippen LogP contribution in [0.5, 0.6) is 0 Å². The molecule has 0 aromatic carbocycles. The van der Waals surface area contributed by atoms with Gasteiger partial charge >= 0.3 is 0 Å². The van der Waals surface area contributed by atoms with Crippen LogP contribution in [0.15, 0.2) is 12.2 Å². The van der Waals surface area contributed by atoms with Crippen LogP contribution in [0.2, 0.25) is 0 Å². The molecule has 0 aliphatic carbocycles. The Bertz CT molecular complexity index is 919. The number of ether oxygens (including phenoxy) is 2. The number of amides is 1. The topological polar surface area (TPSA) is 149 Å². The molecule has 0 bridgehead atoms. The van der Waals surface area contributed by atoms with Gasteiger partial charge in [-0.15, -0.1) is 0 Å². The minimum Gasteiger partial charge on any atom is -0.394 e. The summed E-state index contributed by atoms with van der Waals surface area (Å²) in [6, 6.07) is -0.797. The molecule has 1 aliphatic rings. The van der Waals surface area contributed by atoms with E-state index in [2.05, 4.69) is 19.2 Å². The van der Waals surface area contributed by atoms with Crippen LogP contribution in [0.25, 0.3) is 0 Å². The lowest BCUT2D eigenvalue weighted by Gasteiger charge is -2.40. The molecule has 0 radical (unpaired) electrons. The van der Waals surface area contributed by atoms with Crippen LogP contribution < -0.4 is 5.32 Å². The van der Waals surface area contributed by atoms with Crippen LogP contribution in [0.4, 0.5) is 0 Å². The van der Waals surface area contributed by atoms with Gasteiger partial charge in [0.1, 0.15) is 24.4 Å². The van der Waals surface area contributed by atoms with E-state index in [4.69, 9.17) is 9.47 Å². The number of hydrogen-bond acceptors (Lipinski definition) is 8. The third-order valence-electron chi connectivity index (χ3n) is 12.1. The Morgan fingerprint density at radius 3 is 1.34 bits per heavy atom. The highest BCUT2D eigenvalue weighted by Crippen LogP contribution is 2.23. The van der Waals surface area contributed by atoms with Crippen molar-refractivity contribution in [2.45, 2.75) is 281 Å². The van der Waals surface area contributed by atoms with Gasteiger partial charge in [-0.3, -0.25) is 4.79 Å². The fourth-order valence-electron chi connectivity index (χ4n) is 8.10. The maximum Gasteiger partial charge on any atom is 0.220 e. The van der Waals surface area contributed by atoms with Crippen molar-refractivity contribution in [3.8, 4) is 0 Å². The Kier molecular flexibility index (Phi) is 37.9. The average molecular weight is 826 g/mol. The molecule has 7 unspecified atom stereocenters. The van der Waals surface area contributed by atoms with Gasteiger partial charge in [0.25, 0.3) is 0 Å². The molecule has 7 atom stereocenters. The van der Waals surface area contributed by atoms with Crippen molar-refractivity contribution in [1.29, 1.82) is 0 Å². The Hall–Kier alpha value is -1.07. The van der Waals surface area contributed by atoms with Gasteiger partial charge in [0.05, 0.1) is 25.4 Å². The number of unbranched alkanes of at least 4 members (excludes halogenated alkanes) is 32. The Morgan fingerprint density at radius 1 is 0.569 bits per heavy atom. The number of rotatable bonds is 42. The molecule has 58 heavy (non-hydrogen) atoms. The Balaban J connectivity index is 2.18. The van der Waals surface area contributed by atoms with Crippen LogP contribution in [-0.4, -0.2) is 87.5 Å². The fourth-order valence-corrected chi connectivity index (χ4v) is 8.10. The predicted octanol–water partition coefficient (Wildman–Crippen LogP) is 10.9. The second-order valence-corrected chi connectivity index (χ2v) is 17.6. The summed E-state index contributed by atoms with van der Waals surface area (Å²) in [5.41, 5.74) is 0. The maximum atomic E-state index is 13.0. The summed E-state index contributed by atoms with van der Waals surface area (Å²) >= 11 is 0. The molecule has 0 aromatic rings. The van der Waals surface area contributed by atoms with E-state index in [-0.39, 0.29) is 12.5 Å². The zero-order chi connectivity index (χ0) is 42.3. The maximum absolute atomic E-state index is 13.0. The Morgan fingerprint density at radius 2 is 0.948 bits per heavy atom. The number of hydrogen-bond donors (Lipinski definition) is 6. The lowest BCUT2D eigenvalue weighted by atomic mass is 9.99. The molecule has 0 saturated carbocycles. The van der Waals surface area contributed by atoms with E-state index >= 15 is 0 Å². The SMILES string of the molecule is CCCCCCCCCC/C=C/C(O)C(COC1OC(CO)C(O)C(O)C1O)NC(=O)CCCCCCCCCCCCCCCCCCCCCCCCCCC. The van der Waals surface area contributed by atoms with Crippen molar-refractivity contribution in [1.82, 2.24) is 5.32 Å². The summed E-state index contributed by atoms with van der Waals surface area (Å²) < 4.78 is 11.2. The van der Waals surface area contributed by atoms with Crippen LogP contribution >= 0.6 is 0 Å². The van der Waals surface area contributed by atoms with E-state index in [1.54, 1.807) is 6.08 Å². The van der Waals surface area contributed by atoms with Gasteiger partial charge in [-0.2, -0.15) is 0 Å². The zero-order valence-electron chi connectivity index (χ0n) is 37.8. The van der Waals surface area contributed by atoms with E-state index in [9.17, 15) is 30.3 Å². The summed E-state index contributed by atoms with van der Waals surface area (Å²) in [5, 5.41) is 54.1.